The molecular formula is C17H18N4O2. The van der Waals surface area contributed by atoms with Crippen molar-refractivity contribution in [3.8, 4) is 0 Å². The molecule has 118 valence electrons. The summed E-state index contributed by atoms with van der Waals surface area (Å²) in [6, 6.07) is 11.5. The Morgan fingerprint density at radius 1 is 1.22 bits per heavy atom. The Morgan fingerprint density at radius 2 is 2.00 bits per heavy atom. The van der Waals surface area contributed by atoms with Gasteiger partial charge in [0.1, 0.15) is 0 Å². The number of hydrogen-bond donors (Lipinski definition) is 1. The van der Waals surface area contributed by atoms with Gasteiger partial charge in [-0.05, 0) is 29.8 Å². The fourth-order valence-corrected chi connectivity index (χ4v) is 2.32. The standard InChI is InChI=1S/C17H18N4O2/c22-17(15-2-1-7-18-13-15)20-19-12-14-3-5-16(6-4-14)21-8-10-23-11-9-21/h1-7,12-13H,8-11H2,(H,20,22). The van der Waals surface area contributed by atoms with Crippen LogP contribution in [0.4, 0.5) is 5.69 Å². The second-order valence-electron chi connectivity index (χ2n) is 5.13. The van der Waals surface area contributed by atoms with Crippen LogP contribution in [0.1, 0.15) is 15.9 Å². The van der Waals surface area contributed by atoms with Crippen LogP contribution in [-0.2, 0) is 4.74 Å². The van der Waals surface area contributed by atoms with Gasteiger partial charge in [-0.3, -0.25) is 9.78 Å². The fraction of sp³-hybridized carbons (Fsp3) is 0.235. The molecule has 23 heavy (non-hydrogen) atoms. The van der Waals surface area contributed by atoms with Crippen molar-refractivity contribution >= 4 is 17.8 Å². The van der Waals surface area contributed by atoms with Crippen molar-refractivity contribution in [2.45, 2.75) is 0 Å². The molecule has 1 aromatic carbocycles. The lowest BCUT2D eigenvalue weighted by Gasteiger charge is -2.28. The molecule has 1 fully saturated rings. The number of hydrogen-bond acceptors (Lipinski definition) is 5. The molecule has 1 amide bonds. The Labute approximate surface area is 134 Å². The van der Waals surface area contributed by atoms with Crippen LogP contribution >= 0.6 is 0 Å². The third kappa shape index (κ3) is 4.14. The molecule has 6 heteroatoms. The smallest absolute Gasteiger partial charge is 0.272 e. The maximum Gasteiger partial charge on any atom is 0.272 e. The predicted molar refractivity (Wildman–Crippen MR) is 88.8 cm³/mol. The number of rotatable bonds is 4. The van der Waals surface area contributed by atoms with Crippen LogP contribution in [0.5, 0.6) is 0 Å². The summed E-state index contributed by atoms with van der Waals surface area (Å²) in [5, 5.41) is 3.97. The van der Waals surface area contributed by atoms with E-state index in [-0.39, 0.29) is 5.91 Å². The molecule has 6 nitrogen and oxygen atoms in total. The van der Waals surface area contributed by atoms with Crippen LogP contribution in [0.25, 0.3) is 0 Å². The Hall–Kier alpha value is -2.73. The van der Waals surface area contributed by atoms with Crippen LogP contribution in [0.15, 0.2) is 53.9 Å². The van der Waals surface area contributed by atoms with Gasteiger partial charge in [0.2, 0.25) is 0 Å². The number of ether oxygens (including phenoxy) is 1. The third-order valence-corrected chi connectivity index (χ3v) is 3.57. The highest BCUT2D eigenvalue weighted by Crippen LogP contribution is 2.15. The van der Waals surface area contributed by atoms with Crippen molar-refractivity contribution in [1.29, 1.82) is 0 Å². The average molecular weight is 310 g/mol. The topological polar surface area (TPSA) is 66.8 Å². The Balaban J connectivity index is 1.56. The molecule has 0 saturated carbocycles. The number of carbonyl (C=O) groups is 1. The first-order valence-electron chi connectivity index (χ1n) is 7.49. The molecule has 2 aromatic rings. The zero-order valence-electron chi connectivity index (χ0n) is 12.7. The van der Waals surface area contributed by atoms with Crippen molar-refractivity contribution in [3.05, 3.63) is 59.9 Å². The number of anilines is 1. The van der Waals surface area contributed by atoms with E-state index in [1.54, 1.807) is 24.5 Å². The van der Waals surface area contributed by atoms with E-state index >= 15 is 0 Å². The Morgan fingerprint density at radius 3 is 2.70 bits per heavy atom. The van der Waals surface area contributed by atoms with Gasteiger partial charge >= 0.3 is 0 Å². The van der Waals surface area contributed by atoms with Crippen LogP contribution < -0.4 is 10.3 Å². The van der Waals surface area contributed by atoms with Crippen molar-refractivity contribution in [2.75, 3.05) is 31.2 Å². The molecule has 0 unspecified atom stereocenters. The Kier molecular flexibility index (Phi) is 4.95. The summed E-state index contributed by atoms with van der Waals surface area (Å²) in [5.74, 6) is -0.278. The lowest BCUT2D eigenvalue weighted by molar-refractivity contribution is 0.0955. The molecule has 3 rings (SSSR count). The zero-order chi connectivity index (χ0) is 15.9. The van der Waals surface area contributed by atoms with E-state index < -0.39 is 0 Å². The largest absolute Gasteiger partial charge is 0.378 e. The molecule has 0 spiro atoms. The first-order chi connectivity index (χ1) is 11.3. The van der Waals surface area contributed by atoms with E-state index in [0.29, 0.717) is 5.56 Å². The van der Waals surface area contributed by atoms with Gasteiger partial charge in [-0.2, -0.15) is 5.10 Å². The minimum absolute atomic E-state index is 0.278. The molecule has 0 radical (unpaired) electrons. The first kappa shape index (κ1) is 15.2. The number of benzene rings is 1. The summed E-state index contributed by atoms with van der Waals surface area (Å²) >= 11 is 0. The van der Waals surface area contributed by atoms with Gasteiger partial charge in [0.25, 0.3) is 5.91 Å². The summed E-state index contributed by atoms with van der Waals surface area (Å²) in [4.78, 5) is 18.0. The highest BCUT2D eigenvalue weighted by molar-refractivity contribution is 5.94. The number of hydrazone groups is 1. The van der Waals surface area contributed by atoms with Crippen molar-refractivity contribution in [1.82, 2.24) is 10.4 Å². The van der Waals surface area contributed by atoms with E-state index in [9.17, 15) is 4.79 Å². The second kappa shape index (κ2) is 7.51. The number of morpholine rings is 1. The number of pyridine rings is 1. The highest BCUT2D eigenvalue weighted by Gasteiger charge is 2.10. The summed E-state index contributed by atoms with van der Waals surface area (Å²) in [5.41, 5.74) is 5.06. The van der Waals surface area contributed by atoms with Crippen LogP contribution in [0, 0.1) is 0 Å². The van der Waals surface area contributed by atoms with E-state index in [1.165, 1.54) is 11.9 Å². The molecular weight excluding hydrogens is 292 g/mol. The monoisotopic (exact) mass is 310 g/mol. The first-order valence-corrected chi connectivity index (χ1v) is 7.49. The number of amides is 1. The molecule has 1 saturated heterocycles. The third-order valence-electron chi connectivity index (χ3n) is 3.57. The van der Waals surface area contributed by atoms with Crippen LogP contribution in [0.3, 0.4) is 0 Å². The number of nitrogens with one attached hydrogen (secondary N) is 1. The van der Waals surface area contributed by atoms with E-state index in [1.807, 2.05) is 12.1 Å². The molecule has 2 heterocycles. The van der Waals surface area contributed by atoms with Crippen molar-refractivity contribution < 1.29 is 9.53 Å². The normalized spacial score (nSPS) is 14.9. The zero-order valence-corrected chi connectivity index (χ0v) is 12.7. The number of nitrogens with zero attached hydrogens (tertiary/aromatic N) is 3. The molecule has 1 N–H and O–H groups in total. The summed E-state index contributed by atoms with van der Waals surface area (Å²) in [6.07, 6.45) is 4.75. The summed E-state index contributed by atoms with van der Waals surface area (Å²) in [6.45, 7) is 3.36. The minimum atomic E-state index is -0.278. The summed E-state index contributed by atoms with van der Waals surface area (Å²) < 4.78 is 5.35. The van der Waals surface area contributed by atoms with E-state index in [0.717, 1.165) is 31.9 Å². The SMILES string of the molecule is O=C(NN=Cc1ccc(N2CCOCC2)cc1)c1cccnc1. The van der Waals surface area contributed by atoms with Crippen LogP contribution in [0.2, 0.25) is 0 Å². The number of aromatic nitrogens is 1. The molecule has 1 aliphatic heterocycles. The maximum absolute atomic E-state index is 11.8. The average Bonchev–Trinajstić information content (AvgIpc) is 2.64. The predicted octanol–water partition coefficient (Wildman–Crippen LogP) is 1.68. The maximum atomic E-state index is 11.8. The molecule has 1 aliphatic rings. The van der Waals surface area contributed by atoms with Gasteiger partial charge in [0.15, 0.2) is 0 Å². The van der Waals surface area contributed by atoms with Gasteiger partial charge in [0, 0.05) is 31.2 Å². The van der Waals surface area contributed by atoms with E-state index in [4.69, 9.17) is 4.74 Å². The lowest BCUT2D eigenvalue weighted by atomic mass is 10.2. The molecule has 0 atom stereocenters. The second-order valence-corrected chi connectivity index (χ2v) is 5.13. The van der Waals surface area contributed by atoms with E-state index in [2.05, 4.69) is 32.5 Å². The van der Waals surface area contributed by atoms with Gasteiger partial charge in [-0.25, -0.2) is 5.43 Å². The minimum Gasteiger partial charge on any atom is -0.378 e. The summed E-state index contributed by atoms with van der Waals surface area (Å²) in [7, 11) is 0. The molecule has 1 aromatic heterocycles. The van der Waals surface area contributed by atoms with Gasteiger partial charge < -0.3 is 9.64 Å². The van der Waals surface area contributed by atoms with Crippen LogP contribution in [-0.4, -0.2) is 43.4 Å². The van der Waals surface area contributed by atoms with Crippen molar-refractivity contribution in [2.24, 2.45) is 5.10 Å². The molecule has 0 bridgehead atoms. The highest BCUT2D eigenvalue weighted by atomic mass is 16.5. The Bertz CT molecular complexity index is 665. The molecule has 0 aliphatic carbocycles. The van der Waals surface area contributed by atoms with Gasteiger partial charge in [0.05, 0.1) is 25.0 Å². The van der Waals surface area contributed by atoms with Gasteiger partial charge in [-0.1, -0.05) is 12.1 Å². The van der Waals surface area contributed by atoms with Crippen molar-refractivity contribution in [3.63, 3.8) is 0 Å². The lowest BCUT2D eigenvalue weighted by Crippen LogP contribution is -2.36. The quantitative estimate of drug-likeness (QED) is 0.689. The fourth-order valence-electron chi connectivity index (χ4n) is 2.32. The van der Waals surface area contributed by atoms with Gasteiger partial charge in [-0.15, -0.1) is 0 Å². The number of carbonyl (C=O) groups excluding carboxylic acids is 1.